The monoisotopic (exact) mass is 487 g/mol. The van der Waals surface area contributed by atoms with E-state index in [-0.39, 0.29) is 40.0 Å². The molecule has 0 aliphatic carbocycles. The Morgan fingerprint density at radius 3 is 2.19 bits per heavy atom. The van der Waals surface area contributed by atoms with Crippen molar-refractivity contribution in [2.24, 2.45) is 0 Å². The van der Waals surface area contributed by atoms with E-state index in [0.717, 1.165) is 11.3 Å². The molecular weight excluding hydrogens is 466 g/mol. The number of ether oxygens (including phenoxy) is 2. The van der Waals surface area contributed by atoms with Crippen LogP contribution in [-0.4, -0.2) is 45.2 Å². The number of hydrogen-bond acceptors (Lipinski definition) is 8. The number of thiophene rings is 1. The maximum absolute atomic E-state index is 12.4. The van der Waals surface area contributed by atoms with Gasteiger partial charge in [0.2, 0.25) is 5.91 Å². The molecule has 0 aliphatic rings. The van der Waals surface area contributed by atoms with Crippen molar-refractivity contribution in [3.05, 3.63) is 45.3 Å². The molecule has 0 unspecified atom stereocenters. The molecule has 1 amide bonds. The average molecular weight is 488 g/mol. The summed E-state index contributed by atoms with van der Waals surface area (Å²) >= 11 is 6.65. The van der Waals surface area contributed by atoms with E-state index in [2.05, 4.69) is 5.32 Å². The summed E-state index contributed by atoms with van der Waals surface area (Å²) in [4.78, 5) is 37.2. The molecule has 11 heteroatoms. The predicted molar refractivity (Wildman–Crippen MR) is 118 cm³/mol. The lowest BCUT2D eigenvalue weighted by atomic mass is 10.1. The molecule has 0 bridgehead atoms. The third-order valence-corrected chi connectivity index (χ3v) is 7.28. The molecule has 0 saturated carbocycles. The molecule has 8 nitrogen and oxygen atoms in total. The van der Waals surface area contributed by atoms with Gasteiger partial charge in [-0.3, -0.25) is 4.79 Å². The number of hydrogen-bond donors (Lipinski definition) is 1. The van der Waals surface area contributed by atoms with Crippen molar-refractivity contribution >= 4 is 55.6 Å². The number of esters is 2. The summed E-state index contributed by atoms with van der Waals surface area (Å²) in [5.74, 6) is -2.39. The largest absolute Gasteiger partial charge is 0.462 e. The van der Waals surface area contributed by atoms with Gasteiger partial charge in [0, 0.05) is 11.4 Å². The van der Waals surface area contributed by atoms with Gasteiger partial charge >= 0.3 is 11.9 Å². The highest BCUT2D eigenvalue weighted by molar-refractivity contribution is 7.91. The van der Waals surface area contributed by atoms with E-state index < -0.39 is 33.4 Å². The number of sulfone groups is 1. The highest BCUT2D eigenvalue weighted by Gasteiger charge is 2.27. The molecular formula is C20H22ClNO7S2. The van der Waals surface area contributed by atoms with Gasteiger partial charge in [0.15, 0.2) is 9.84 Å². The van der Waals surface area contributed by atoms with Crippen LogP contribution in [0.25, 0.3) is 0 Å². The van der Waals surface area contributed by atoms with Gasteiger partial charge in [0.25, 0.3) is 0 Å². The molecule has 0 fully saturated rings. The Morgan fingerprint density at radius 2 is 1.61 bits per heavy atom. The standard InChI is InChI=1S/C20H22ClNO7S2/c1-4-28-19(24)16-12(3)17(20(25)29-5-2)30-18(16)22-15(23)10-11-31(26,27)14-8-6-13(21)7-9-14/h6-9H,4-5,10-11H2,1-3H3,(H,22,23). The van der Waals surface area contributed by atoms with Gasteiger partial charge < -0.3 is 14.8 Å². The quantitative estimate of drug-likeness (QED) is 0.533. The Bertz CT molecular complexity index is 1080. The maximum Gasteiger partial charge on any atom is 0.348 e. The minimum absolute atomic E-state index is 0.0452. The van der Waals surface area contributed by atoms with Crippen LogP contribution in [0.4, 0.5) is 5.00 Å². The smallest absolute Gasteiger partial charge is 0.348 e. The third-order valence-electron chi connectivity index (χ3n) is 4.11. The van der Waals surface area contributed by atoms with Crippen molar-refractivity contribution in [1.29, 1.82) is 0 Å². The zero-order valence-corrected chi connectivity index (χ0v) is 19.6. The van der Waals surface area contributed by atoms with Crippen LogP contribution in [-0.2, 0) is 24.1 Å². The van der Waals surface area contributed by atoms with Crippen molar-refractivity contribution in [2.45, 2.75) is 32.1 Å². The van der Waals surface area contributed by atoms with Gasteiger partial charge in [-0.25, -0.2) is 18.0 Å². The van der Waals surface area contributed by atoms with Crippen LogP contribution >= 0.6 is 22.9 Å². The fourth-order valence-electron chi connectivity index (χ4n) is 2.62. The number of carbonyl (C=O) groups excluding carboxylic acids is 3. The van der Waals surface area contributed by atoms with Gasteiger partial charge in [-0.15, -0.1) is 11.3 Å². The van der Waals surface area contributed by atoms with Crippen molar-refractivity contribution in [3.8, 4) is 0 Å². The van der Waals surface area contributed by atoms with Crippen LogP contribution in [0.1, 0.15) is 45.9 Å². The summed E-state index contributed by atoms with van der Waals surface area (Å²) in [5, 5.41) is 3.03. The average Bonchev–Trinajstić information content (AvgIpc) is 3.03. The second-order valence-electron chi connectivity index (χ2n) is 6.27. The molecule has 0 spiro atoms. The fraction of sp³-hybridized carbons (Fsp3) is 0.350. The molecule has 0 atom stereocenters. The number of nitrogens with one attached hydrogen (secondary N) is 1. The minimum atomic E-state index is -3.71. The van der Waals surface area contributed by atoms with E-state index in [1.165, 1.54) is 24.3 Å². The highest BCUT2D eigenvalue weighted by Crippen LogP contribution is 2.34. The number of carbonyl (C=O) groups is 3. The van der Waals surface area contributed by atoms with E-state index in [4.69, 9.17) is 21.1 Å². The number of amides is 1. The topological polar surface area (TPSA) is 116 Å². The summed E-state index contributed by atoms with van der Waals surface area (Å²) in [6.07, 6.45) is -0.348. The number of rotatable bonds is 9. The first kappa shape index (κ1) is 24.8. The molecule has 1 aromatic carbocycles. The molecule has 168 valence electrons. The summed E-state index contributed by atoms with van der Waals surface area (Å²) < 4.78 is 34.9. The normalized spacial score (nSPS) is 11.1. The number of halogens is 1. The molecule has 0 aliphatic heterocycles. The molecule has 0 saturated heterocycles. The Morgan fingerprint density at radius 1 is 1.03 bits per heavy atom. The van der Waals surface area contributed by atoms with E-state index >= 15 is 0 Å². The third kappa shape index (κ3) is 6.28. The Hall–Kier alpha value is -2.43. The Kier molecular flexibility index (Phi) is 8.60. The lowest BCUT2D eigenvalue weighted by Gasteiger charge is -2.08. The summed E-state index contributed by atoms with van der Waals surface area (Å²) in [7, 11) is -3.71. The van der Waals surface area contributed by atoms with Crippen LogP contribution in [0.5, 0.6) is 0 Å². The van der Waals surface area contributed by atoms with Gasteiger partial charge in [-0.05, 0) is 50.6 Å². The molecule has 1 aromatic heterocycles. The maximum atomic E-state index is 12.4. The summed E-state index contributed by atoms with van der Waals surface area (Å²) in [6, 6.07) is 5.63. The summed E-state index contributed by atoms with van der Waals surface area (Å²) in [6.45, 7) is 5.09. The van der Waals surface area contributed by atoms with Crippen molar-refractivity contribution in [1.82, 2.24) is 0 Å². The molecule has 2 rings (SSSR count). The second kappa shape index (κ2) is 10.7. The molecule has 1 heterocycles. The van der Waals surface area contributed by atoms with Crippen LogP contribution in [0.3, 0.4) is 0 Å². The lowest BCUT2D eigenvalue weighted by molar-refractivity contribution is -0.115. The zero-order valence-electron chi connectivity index (χ0n) is 17.2. The van der Waals surface area contributed by atoms with Crippen LogP contribution in [0.15, 0.2) is 29.2 Å². The SMILES string of the molecule is CCOC(=O)c1sc(NC(=O)CCS(=O)(=O)c2ccc(Cl)cc2)c(C(=O)OCC)c1C. The van der Waals surface area contributed by atoms with E-state index in [1.807, 2.05) is 0 Å². The van der Waals surface area contributed by atoms with Crippen LogP contribution < -0.4 is 5.32 Å². The van der Waals surface area contributed by atoms with E-state index in [0.29, 0.717) is 10.6 Å². The van der Waals surface area contributed by atoms with Crippen LogP contribution in [0, 0.1) is 6.92 Å². The van der Waals surface area contributed by atoms with Gasteiger partial charge in [0.1, 0.15) is 9.88 Å². The second-order valence-corrected chi connectivity index (χ2v) is 9.84. The van der Waals surface area contributed by atoms with E-state index in [9.17, 15) is 22.8 Å². The first-order valence-electron chi connectivity index (χ1n) is 9.36. The van der Waals surface area contributed by atoms with Crippen LogP contribution in [0.2, 0.25) is 5.02 Å². The Balaban J connectivity index is 2.21. The molecule has 0 radical (unpaired) electrons. The molecule has 1 N–H and O–H groups in total. The van der Waals surface area contributed by atoms with E-state index in [1.54, 1.807) is 20.8 Å². The van der Waals surface area contributed by atoms with Gasteiger partial charge in [-0.1, -0.05) is 11.6 Å². The van der Waals surface area contributed by atoms with Crippen molar-refractivity contribution < 1.29 is 32.3 Å². The summed E-state index contributed by atoms with van der Waals surface area (Å²) in [5.41, 5.74) is 0.370. The van der Waals surface area contributed by atoms with Crippen molar-refractivity contribution in [2.75, 3.05) is 24.3 Å². The predicted octanol–water partition coefficient (Wildman–Crippen LogP) is 3.87. The van der Waals surface area contributed by atoms with Crippen molar-refractivity contribution in [3.63, 3.8) is 0 Å². The molecule has 31 heavy (non-hydrogen) atoms. The first-order chi connectivity index (χ1) is 14.6. The first-order valence-corrected chi connectivity index (χ1v) is 12.2. The fourth-order valence-corrected chi connectivity index (χ4v) is 5.09. The lowest BCUT2D eigenvalue weighted by Crippen LogP contribution is -2.18. The Labute approximate surface area is 189 Å². The van der Waals surface area contributed by atoms with Gasteiger partial charge in [0.05, 0.1) is 29.4 Å². The number of anilines is 1. The van der Waals surface area contributed by atoms with Gasteiger partial charge in [-0.2, -0.15) is 0 Å². The highest BCUT2D eigenvalue weighted by atomic mass is 35.5. The zero-order chi connectivity index (χ0) is 23.2. The molecule has 2 aromatic rings. The number of benzene rings is 1. The minimum Gasteiger partial charge on any atom is -0.462 e.